The minimum Gasteiger partial charge on any atom is -0.444 e. The van der Waals surface area contributed by atoms with Gasteiger partial charge in [-0.05, 0) is 19.9 Å². The molecule has 0 saturated heterocycles. The number of hydrogen-bond acceptors (Lipinski definition) is 5. The molecule has 0 bridgehead atoms. The van der Waals surface area contributed by atoms with Crippen molar-refractivity contribution in [2.75, 3.05) is 11.1 Å². The molecule has 0 aliphatic carbocycles. The predicted molar refractivity (Wildman–Crippen MR) is 62.0 cm³/mol. The summed E-state index contributed by atoms with van der Waals surface area (Å²) in [5.74, 6) is 1.51. The van der Waals surface area contributed by atoms with E-state index in [1.54, 1.807) is 12.4 Å². The van der Waals surface area contributed by atoms with Gasteiger partial charge >= 0.3 is 0 Å². The van der Waals surface area contributed by atoms with Crippen molar-refractivity contribution in [3.63, 3.8) is 0 Å². The largest absolute Gasteiger partial charge is 0.444 e. The minimum atomic E-state index is 0.517. The van der Waals surface area contributed by atoms with Gasteiger partial charge < -0.3 is 15.5 Å². The second kappa shape index (κ2) is 4.22. The molecule has 0 amide bonds. The minimum absolute atomic E-state index is 0.517. The van der Waals surface area contributed by atoms with Crippen LogP contribution in [0.5, 0.6) is 0 Å². The molecular formula is C11H14N4O. The highest BCUT2D eigenvalue weighted by molar-refractivity contribution is 5.63. The molecule has 2 rings (SSSR count). The first-order valence-electron chi connectivity index (χ1n) is 5.03. The maximum absolute atomic E-state index is 5.74. The molecule has 5 nitrogen and oxygen atoms in total. The third kappa shape index (κ3) is 2.13. The lowest BCUT2D eigenvalue weighted by Crippen LogP contribution is -2.02. The quantitative estimate of drug-likeness (QED) is 0.822. The first-order valence-corrected chi connectivity index (χ1v) is 5.03. The van der Waals surface area contributed by atoms with E-state index in [9.17, 15) is 0 Å². The fourth-order valence-corrected chi connectivity index (χ4v) is 1.35. The monoisotopic (exact) mass is 218 g/mol. The molecule has 0 fully saturated rings. The first-order chi connectivity index (χ1) is 7.66. The van der Waals surface area contributed by atoms with Crippen LogP contribution in [0, 0.1) is 13.8 Å². The fourth-order valence-electron chi connectivity index (χ4n) is 1.35. The lowest BCUT2D eigenvalue weighted by Gasteiger charge is -2.05. The molecule has 2 heterocycles. The Balaban J connectivity index is 2.05. The summed E-state index contributed by atoms with van der Waals surface area (Å²) in [6.07, 6.45) is 3.29. The Morgan fingerprint density at radius 1 is 1.44 bits per heavy atom. The van der Waals surface area contributed by atoms with Gasteiger partial charge in [-0.2, -0.15) is 0 Å². The van der Waals surface area contributed by atoms with Crippen LogP contribution in [0.4, 0.5) is 11.4 Å². The molecule has 0 aliphatic rings. The Kier molecular flexibility index (Phi) is 2.76. The zero-order chi connectivity index (χ0) is 11.5. The van der Waals surface area contributed by atoms with Crippen LogP contribution in [-0.4, -0.2) is 9.97 Å². The number of aromatic nitrogens is 2. The number of nitrogens with zero attached hydrogens (tertiary/aromatic N) is 2. The summed E-state index contributed by atoms with van der Waals surface area (Å²) in [6, 6.07) is 1.82. The zero-order valence-corrected chi connectivity index (χ0v) is 9.32. The fraction of sp³-hybridized carbons (Fsp3) is 0.273. The lowest BCUT2D eigenvalue weighted by atomic mass is 10.3. The van der Waals surface area contributed by atoms with Gasteiger partial charge in [0.2, 0.25) is 5.89 Å². The topological polar surface area (TPSA) is 77.0 Å². The van der Waals surface area contributed by atoms with Crippen LogP contribution in [0.1, 0.15) is 17.3 Å². The van der Waals surface area contributed by atoms with Crippen LogP contribution in [0.2, 0.25) is 0 Å². The Morgan fingerprint density at radius 2 is 2.25 bits per heavy atom. The number of nitrogens with one attached hydrogen (secondary N) is 1. The van der Waals surface area contributed by atoms with Crippen LogP contribution in [0.25, 0.3) is 0 Å². The number of nitrogens with two attached hydrogens (primary N) is 1. The molecular weight excluding hydrogens is 204 g/mol. The highest BCUT2D eigenvalue weighted by Crippen LogP contribution is 2.16. The van der Waals surface area contributed by atoms with Gasteiger partial charge in [0.15, 0.2) is 0 Å². The highest BCUT2D eigenvalue weighted by atomic mass is 16.4. The summed E-state index contributed by atoms with van der Waals surface area (Å²) in [7, 11) is 0. The number of anilines is 2. The van der Waals surface area contributed by atoms with E-state index >= 15 is 0 Å². The van der Waals surface area contributed by atoms with E-state index in [-0.39, 0.29) is 0 Å². The van der Waals surface area contributed by atoms with Gasteiger partial charge in [-0.15, -0.1) is 0 Å². The molecule has 16 heavy (non-hydrogen) atoms. The van der Waals surface area contributed by atoms with Crippen molar-refractivity contribution < 1.29 is 4.42 Å². The Morgan fingerprint density at radius 3 is 2.88 bits per heavy atom. The molecule has 0 aliphatic heterocycles. The van der Waals surface area contributed by atoms with Crippen LogP contribution < -0.4 is 11.1 Å². The van der Waals surface area contributed by atoms with Crippen molar-refractivity contribution in [1.82, 2.24) is 9.97 Å². The van der Waals surface area contributed by atoms with Crippen molar-refractivity contribution in [2.24, 2.45) is 0 Å². The van der Waals surface area contributed by atoms with Gasteiger partial charge in [0.1, 0.15) is 5.76 Å². The van der Waals surface area contributed by atoms with Crippen molar-refractivity contribution in [3.8, 4) is 0 Å². The third-order valence-corrected chi connectivity index (χ3v) is 2.35. The summed E-state index contributed by atoms with van der Waals surface area (Å²) < 4.78 is 5.45. The Hall–Kier alpha value is -2.04. The molecule has 0 atom stereocenters. The SMILES string of the molecule is Cc1nc(CNc2ccncc2N)oc1C. The number of oxazole rings is 1. The van der Waals surface area contributed by atoms with Crippen molar-refractivity contribution >= 4 is 11.4 Å². The maximum Gasteiger partial charge on any atom is 0.213 e. The molecule has 84 valence electrons. The molecule has 0 saturated carbocycles. The summed E-state index contributed by atoms with van der Waals surface area (Å²) >= 11 is 0. The molecule has 0 spiro atoms. The zero-order valence-electron chi connectivity index (χ0n) is 9.32. The number of aryl methyl sites for hydroxylation is 2. The molecule has 2 aromatic rings. The summed E-state index contributed by atoms with van der Waals surface area (Å²) in [4.78, 5) is 8.18. The van der Waals surface area contributed by atoms with E-state index in [1.807, 2.05) is 19.9 Å². The highest BCUT2D eigenvalue weighted by Gasteiger charge is 2.05. The molecule has 5 heteroatoms. The Bertz CT molecular complexity index is 473. The molecule has 2 aromatic heterocycles. The number of rotatable bonds is 3. The lowest BCUT2D eigenvalue weighted by molar-refractivity contribution is 0.478. The second-order valence-electron chi connectivity index (χ2n) is 3.57. The van der Waals surface area contributed by atoms with Gasteiger partial charge in [-0.1, -0.05) is 0 Å². The predicted octanol–water partition coefficient (Wildman–Crippen LogP) is 1.88. The first kappa shape index (κ1) is 10.5. The van der Waals surface area contributed by atoms with Gasteiger partial charge in [0.05, 0.1) is 29.8 Å². The second-order valence-corrected chi connectivity index (χ2v) is 3.57. The van der Waals surface area contributed by atoms with E-state index in [2.05, 4.69) is 15.3 Å². The van der Waals surface area contributed by atoms with E-state index in [0.29, 0.717) is 18.1 Å². The molecule has 0 unspecified atom stereocenters. The van der Waals surface area contributed by atoms with E-state index in [4.69, 9.17) is 10.2 Å². The Labute approximate surface area is 93.7 Å². The van der Waals surface area contributed by atoms with Crippen LogP contribution >= 0.6 is 0 Å². The van der Waals surface area contributed by atoms with Crippen molar-refractivity contribution in [1.29, 1.82) is 0 Å². The standard InChI is InChI=1S/C11H14N4O/c1-7-8(2)16-11(15-7)6-14-10-3-4-13-5-9(10)12/h3-5H,6,12H2,1-2H3,(H,13,14). The van der Waals surface area contributed by atoms with Crippen LogP contribution in [-0.2, 0) is 6.54 Å². The van der Waals surface area contributed by atoms with Gasteiger partial charge in [0, 0.05) is 6.20 Å². The average Bonchev–Trinajstić information content (AvgIpc) is 2.57. The summed E-state index contributed by atoms with van der Waals surface area (Å²) in [5.41, 5.74) is 8.11. The molecule has 3 N–H and O–H groups in total. The number of hydrogen-bond donors (Lipinski definition) is 2. The molecule has 0 radical (unpaired) electrons. The number of pyridine rings is 1. The maximum atomic E-state index is 5.74. The van der Waals surface area contributed by atoms with Crippen LogP contribution in [0.15, 0.2) is 22.9 Å². The third-order valence-electron chi connectivity index (χ3n) is 2.35. The van der Waals surface area contributed by atoms with Crippen LogP contribution in [0.3, 0.4) is 0 Å². The van der Waals surface area contributed by atoms with Crippen molar-refractivity contribution in [3.05, 3.63) is 35.8 Å². The molecule has 0 aromatic carbocycles. The normalized spacial score (nSPS) is 10.4. The van der Waals surface area contributed by atoms with Crippen molar-refractivity contribution in [2.45, 2.75) is 20.4 Å². The smallest absolute Gasteiger partial charge is 0.213 e. The van der Waals surface area contributed by atoms with E-state index in [1.165, 1.54) is 0 Å². The summed E-state index contributed by atoms with van der Waals surface area (Å²) in [6.45, 7) is 4.33. The van der Waals surface area contributed by atoms with Gasteiger partial charge in [0.25, 0.3) is 0 Å². The summed E-state index contributed by atoms with van der Waals surface area (Å²) in [5, 5.41) is 3.15. The number of nitrogen functional groups attached to an aromatic ring is 1. The van der Waals surface area contributed by atoms with Gasteiger partial charge in [-0.3, -0.25) is 4.98 Å². The van der Waals surface area contributed by atoms with E-state index in [0.717, 1.165) is 17.1 Å². The average molecular weight is 218 g/mol. The van der Waals surface area contributed by atoms with E-state index < -0.39 is 0 Å². The van der Waals surface area contributed by atoms with Gasteiger partial charge in [-0.25, -0.2) is 4.98 Å².